The van der Waals surface area contributed by atoms with Gasteiger partial charge in [-0.1, -0.05) is 31.9 Å². The Morgan fingerprint density at radius 3 is 2.63 bits per heavy atom. The summed E-state index contributed by atoms with van der Waals surface area (Å²) in [6, 6.07) is 6.52. The van der Waals surface area contributed by atoms with Crippen molar-refractivity contribution in [3.63, 3.8) is 0 Å². The Morgan fingerprint density at radius 1 is 1.21 bits per heavy atom. The number of amides is 1. The fourth-order valence-electron chi connectivity index (χ4n) is 4.58. The number of piperidine rings is 1. The van der Waals surface area contributed by atoms with Gasteiger partial charge in [-0.15, -0.1) is 5.92 Å². The van der Waals surface area contributed by atoms with Crippen molar-refractivity contribution >= 4 is 34.5 Å². The highest BCUT2D eigenvalue weighted by Gasteiger charge is 2.27. The molecule has 1 aliphatic heterocycles. The number of imidazole rings is 1. The molecule has 1 amide bonds. The monoisotopic (exact) mass is 519 g/mol. The van der Waals surface area contributed by atoms with Crippen molar-refractivity contribution in [1.29, 1.82) is 0 Å². The van der Waals surface area contributed by atoms with Gasteiger partial charge >= 0.3 is 5.69 Å². The Bertz CT molecular complexity index is 1570. The lowest BCUT2D eigenvalue weighted by atomic mass is 10.1. The van der Waals surface area contributed by atoms with Crippen LogP contribution in [0.25, 0.3) is 11.2 Å². The van der Waals surface area contributed by atoms with Gasteiger partial charge in [0.25, 0.3) is 5.56 Å². The number of para-hydroxylation sites is 1. The molecular formula is C27H33N7O4. The van der Waals surface area contributed by atoms with Crippen LogP contribution in [-0.4, -0.2) is 49.5 Å². The summed E-state index contributed by atoms with van der Waals surface area (Å²) in [4.78, 5) is 59.3. The van der Waals surface area contributed by atoms with E-state index in [1.807, 2.05) is 4.90 Å². The van der Waals surface area contributed by atoms with Gasteiger partial charge in [0, 0.05) is 37.7 Å². The third-order valence-corrected chi connectivity index (χ3v) is 6.68. The summed E-state index contributed by atoms with van der Waals surface area (Å²) in [6.45, 7) is 6.19. The van der Waals surface area contributed by atoms with Crippen LogP contribution >= 0.6 is 0 Å². The number of anilines is 2. The summed E-state index contributed by atoms with van der Waals surface area (Å²) < 4.78 is 3.89. The number of Topliss-reactive ketones (excluding diaryl/α,β-unsaturated/α-hetero) is 1. The Morgan fingerprint density at radius 2 is 1.95 bits per heavy atom. The topological polar surface area (TPSA) is 137 Å². The minimum Gasteiger partial charge on any atom is -0.341 e. The molecule has 38 heavy (non-hydrogen) atoms. The molecule has 11 heteroatoms. The van der Waals surface area contributed by atoms with E-state index in [1.165, 1.54) is 11.6 Å². The predicted molar refractivity (Wildman–Crippen MR) is 146 cm³/mol. The molecule has 1 saturated heterocycles. The zero-order chi connectivity index (χ0) is 27.6. The molecule has 200 valence electrons. The molecule has 2 aromatic heterocycles. The number of ketones is 1. The van der Waals surface area contributed by atoms with Gasteiger partial charge in [0.1, 0.15) is 0 Å². The highest BCUT2D eigenvalue weighted by atomic mass is 16.2. The Hall–Kier alpha value is -4.17. The normalized spacial score (nSPS) is 15.4. The molecule has 3 heterocycles. The Labute approximate surface area is 220 Å². The number of benzene rings is 1. The first-order chi connectivity index (χ1) is 18.1. The lowest BCUT2D eigenvalue weighted by Crippen LogP contribution is -2.44. The fraction of sp³-hybridized carbons (Fsp3) is 0.444. The molecule has 3 aromatic rings. The van der Waals surface area contributed by atoms with Crippen LogP contribution in [0.3, 0.4) is 0 Å². The summed E-state index contributed by atoms with van der Waals surface area (Å²) in [6.07, 6.45) is 1.78. The molecule has 1 unspecified atom stereocenters. The number of carbonyl (C=O) groups is 2. The molecule has 0 aliphatic carbocycles. The van der Waals surface area contributed by atoms with Crippen LogP contribution in [-0.2, 0) is 24.9 Å². The highest BCUT2D eigenvalue weighted by molar-refractivity contribution is 6.05. The fourth-order valence-corrected chi connectivity index (χ4v) is 4.58. The van der Waals surface area contributed by atoms with Crippen LogP contribution in [0.4, 0.5) is 11.6 Å². The second kappa shape index (κ2) is 11.1. The molecule has 0 spiro atoms. The van der Waals surface area contributed by atoms with Crippen LogP contribution in [0.2, 0.25) is 0 Å². The van der Waals surface area contributed by atoms with Gasteiger partial charge in [0.05, 0.1) is 18.8 Å². The van der Waals surface area contributed by atoms with Crippen LogP contribution in [0.15, 0.2) is 33.9 Å². The lowest BCUT2D eigenvalue weighted by Gasteiger charge is -2.31. The van der Waals surface area contributed by atoms with Crippen molar-refractivity contribution in [1.82, 2.24) is 18.7 Å². The third-order valence-electron chi connectivity index (χ3n) is 6.68. The predicted octanol–water partition coefficient (Wildman–Crippen LogP) is 1.32. The highest BCUT2D eigenvalue weighted by Crippen LogP contribution is 2.23. The van der Waals surface area contributed by atoms with Crippen LogP contribution < -0.4 is 27.2 Å². The van der Waals surface area contributed by atoms with Gasteiger partial charge < -0.3 is 16.0 Å². The van der Waals surface area contributed by atoms with Gasteiger partial charge in [-0.3, -0.25) is 28.1 Å². The number of aromatic nitrogens is 4. The van der Waals surface area contributed by atoms with E-state index >= 15 is 0 Å². The van der Waals surface area contributed by atoms with E-state index in [9.17, 15) is 19.2 Å². The molecule has 1 fully saturated rings. The number of nitrogens with zero attached hydrogens (tertiary/aromatic N) is 5. The minimum atomic E-state index is -0.660. The first kappa shape index (κ1) is 26.9. The smallest absolute Gasteiger partial charge is 0.332 e. The molecule has 4 rings (SSSR count). The quantitative estimate of drug-likeness (QED) is 0.355. The second-order valence-electron chi connectivity index (χ2n) is 9.79. The molecule has 1 aliphatic rings. The number of aryl methyl sites for hydroxylation is 1. The number of nitrogens with two attached hydrogens (primary N) is 1. The maximum Gasteiger partial charge on any atom is 0.332 e. The zero-order valence-electron chi connectivity index (χ0n) is 22.2. The van der Waals surface area contributed by atoms with Crippen molar-refractivity contribution < 1.29 is 9.59 Å². The Balaban J connectivity index is 1.81. The first-order valence-corrected chi connectivity index (χ1v) is 12.7. The maximum absolute atomic E-state index is 13.7. The summed E-state index contributed by atoms with van der Waals surface area (Å²) >= 11 is 0. The number of carbonyl (C=O) groups excluding carboxylic acids is 2. The van der Waals surface area contributed by atoms with E-state index in [4.69, 9.17) is 5.73 Å². The third kappa shape index (κ3) is 5.13. The average Bonchev–Trinajstić information content (AvgIpc) is 3.28. The minimum absolute atomic E-state index is 0.0244. The number of nitrogens with one attached hydrogen (secondary N) is 1. The standard InChI is InChI=1S/C27H33N7O4/c1-5-6-14-33-22-23(30-26(33)32-13-9-10-18(28)15-32)31(4)27(38)34(25(22)37)16-21(35)19-11-7-8-12-20(19)29-24(36)17(2)3/h7-8,11-12,17-18H,9-10,13-16,28H2,1-4H3,(H,29,36). The van der Waals surface area contributed by atoms with E-state index in [2.05, 4.69) is 22.1 Å². The SMILES string of the molecule is CC#CCn1c(N2CCCC(N)C2)nc2c1c(=O)n(CC(=O)c1ccccc1NC(=O)C(C)C)c(=O)n2C. The van der Waals surface area contributed by atoms with Gasteiger partial charge in [-0.05, 0) is 31.9 Å². The molecule has 0 saturated carbocycles. The van der Waals surface area contributed by atoms with Crippen molar-refractivity contribution in [3.8, 4) is 11.8 Å². The number of fused-ring (bicyclic) bond motifs is 1. The van der Waals surface area contributed by atoms with Crippen molar-refractivity contribution in [3.05, 3.63) is 50.7 Å². The number of hydrogen-bond acceptors (Lipinski definition) is 7. The largest absolute Gasteiger partial charge is 0.341 e. The zero-order valence-corrected chi connectivity index (χ0v) is 22.2. The van der Waals surface area contributed by atoms with Gasteiger partial charge in [0.15, 0.2) is 16.9 Å². The Kier molecular flexibility index (Phi) is 7.83. The van der Waals surface area contributed by atoms with Gasteiger partial charge in [0.2, 0.25) is 11.9 Å². The van der Waals surface area contributed by atoms with Crippen molar-refractivity contribution in [2.24, 2.45) is 18.7 Å². The van der Waals surface area contributed by atoms with E-state index in [1.54, 1.807) is 49.6 Å². The molecule has 0 radical (unpaired) electrons. The summed E-state index contributed by atoms with van der Waals surface area (Å²) in [7, 11) is 1.52. The van der Waals surface area contributed by atoms with Crippen LogP contribution in [0.5, 0.6) is 0 Å². The maximum atomic E-state index is 13.7. The molecule has 0 bridgehead atoms. The molecule has 3 N–H and O–H groups in total. The summed E-state index contributed by atoms with van der Waals surface area (Å²) in [5.41, 5.74) is 5.86. The van der Waals surface area contributed by atoms with Crippen LogP contribution in [0.1, 0.15) is 44.0 Å². The van der Waals surface area contributed by atoms with E-state index in [0.717, 1.165) is 24.0 Å². The number of hydrogen-bond donors (Lipinski definition) is 2. The van der Waals surface area contributed by atoms with Crippen LogP contribution in [0, 0.1) is 17.8 Å². The van der Waals surface area contributed by atoms with E-state index in [-0.39, 0.29) is 41.1 Å². The second-order valence-corrected chi connectivity index (χ2v) is 9.79. The molecule has 1 atom stereocenters. The molecular weight excluding hydrogens is 486 g/mol. The van der Waals surface area contributed by atoms with Crippen molar-refractivity contribution in [2.45, 2.75) is 52.7 Å². The van der Waals surface area contributed by atoms with Gasteiger partial charge in [-0.2, -0.15) is 4.98 Å². The number of rotatable bonds is 7. The average molecular weight is 520 g/mol. The summed E-state index contributed by atoms with van der Waals surface area (Å²) in [5, 5.41) is 2.75. The lowest BCUT2D eigenvalue weighted by molar-refractivity contribution is -0.118. The molecule has 1 aromatic carbocycles. The van der Waals surface area contributed by atoms with E-state index in [0.29, 0.717) is 18.2 Å². The van der Waals surface area contributed by atoms with E-state index < -0.39 is 23.6 Å². The van der Waals surface area contributed by atoms with Gasteiger partial charge in [-0.25, -0.2) is 4.79 Å². The van der Waals surface area contributed by atoms with Crippen molar-refractivity contribution in [2.75, 3.05) is 23.3 Å². The summed E-state index contributed by atoms with van der Waals surface area (Å²) in [5.74, 6) is 5.34. The molecule has 11 nitrogen and oxygen atoms in total. The first-order valence-electron chi connectivity index (χ1n) is 12.7.